The van der Waals surface area contributed by atoms with Crippen LogP contribution in [0.25, 0.3) is 0 Å². The zero-order valence-electron chi connectivity index (χ0n) is 9.59. The van der Waals surface area contributed by atoms with Crippen molar-refractivity contribution >= 4 is 11.6 Å². The molecule has 0 saturated carbocycles. The Morgan fingerprint density at radius 1 is 1.33 bits per heavy atom. The fourth-order valence-corrected chi connectivity index (χ4v) is 1.45. The molecule has 0 aromatic heterocycles. The average Bonchev–Trinajstić information content (AvgIpc) is 2.17. The maximum absolute atomic E-state index is 5.89. The van der Waals surface area contributed by atoms with Crippen molar-refractivity contribution in [3.8, 4) is 5.75 Å². The first-order valence-corrected chi connectivity index (χ1v) is 5.51. The molecule has 0 aliphatic carbocycles. The van der Waals surface area contributed by atoms with Crippen LogP contribution in [0.2, 0.25) is 5.02 Å². The van der Waals surface area contributed by atoms with Gasteiger partial charge in [-0.05, 0) is 45.1 Å². The van der Waals surface area contributed by atoms with Crippen molar-refractivity contribution < 1.29 is 4.74 Å². The van der Waals surface area contributed by atoms with Gasteiger partial charge in [-0.25, -0.2) is 0 Å². The minimum Gasteiger partial charge on any atom is -0.493 e. The number of hydrogen-bond acceptors (Lipinski definition) is 2. The number of aryl methyl sites for hydroxylation is 1. The Bertz CT molecular complexity index is 312. The number of halogens is 1. The van der Waals surface area contributed by atoms with Gasteiger partial charge >= 0.3 is 0 Å². The van der Waals surface area contributed by atoms with Crippen molar-refractivity contribution in [1.82, 2.24) is 4.90 Å². The van der Waals surface area contributed by atoms with Crippen molar-refractivity contribution in [2.75, 3.05) is 27.2 Å². The second-order valence-electron chi connectivity index (χ2n) is 3.92. The molecule has 84 valence electrons. The Morgan fingerprint density at radius 3 is 2.73 bits per heavy atom. The molecule has 0 aliphatic heterocycles. The van der Waals surface area contributed by atoms with E-state index in [-0.39, 0.29) is 0 Å². The number of nitrogens with zero attached hydrogens (tertiary/aromatic N) is 1. The fraction of sp³-hybridized carbons (Fsp3) is 0.500. The Morgan fingerprint density at radius 2 is 2.07 bits per heavy atom. The zero-order chi connectivity index (χ0) is 11.3. The van der Waals surface area contributed by atoms with E-state index in [0.717, 1.165) is 35.9 Å². The molecular formula is C12H18ClNO. The molecule has 1 aromatic carbocycles. The van der Waals surface area contributed by atoms with Crippen molar-refractivity contribution in [1.29, 1.82) is 0 Å². The lowest BCUT2D eigenvalue weighted by atomic mass is 10.2. The van der Waals surface area contributed by atoms with Gasteiger partial charge in [0.25, 0.3) is 0 Å². The molecule has 0 fully saturated rings. The summed E-state index contributed by atoms with van der Waals surface area (Å²) in [6.07, 6.45) is 1.03. The summed E-state index contributed by atoms with van der Waals surface area (Å²) >= 11 is 5.89. The molecule has 0 aliphatic rings. The van der Waals surface area contributed by atoms with Gasteiger partial charge in [0.2, 0.25) is 0 Å². The van der Waals surface area contributed by atoms with Crippen molar-refractivity contribution in [3.05, 3.63) is 28.8 Å². The molecule has 0 N–H and O–H groups in total. The molecule has 0 radical (unpaired) electrons. The Hall–Kier alpha value is -0.730. The van der Waals surface area contributed by atoms with Gasteiger partial charge in [-0.2, -0.15) is 0 Å². The summed E-state index contributed by atoms with van der Waals surface area (Å²) in [7, 11) is 4.12. The average molecular weight is 228 g/mol. The van der Waals surface area contributed by atoms with Crippen LogP contribution < -0.4 is 4.74 Å². The molecule has 0 amide bonds. The topological polar surface area (TPSA) is 12.5 Å². The van der Waals surface area contributed by atoms with E-state index in [4.69, 9.17) is 16.3 Å². The van der Waals surface area contributed by atoms with Gasteiger partial charge in [-0.1, -0.05) is 17.7 Å². The normalized spacial score (nSPS) is 10.7. The van der Waals surface area contributed by atoms with Crippen LogP contribution in [0, 0.1) is 6.92 Å². The highest BCUT2D eigenvalue weighted by Gasteiger charge is 2.00. The van der Waals surface area contributed by atoms with Gasteiger partial charge in [0.05, 0.1) is 6.61 Å². The molecule has 3 heteroatoms. The van der Waals surface area contributed by atoms with E-state index in [9.17, 15) is 0 Å². The van der Waals surface area contributed by atoms with Crippen LogP contribution in [0.3, 0.4) is 0 Å². The van der Waals surface area contributed by atoms with Gasteiger partial charge in [0.1, 0.15) is 5.75 Å². The van der Waals surface area contributed by atoms with Gasteiger partial charge in [0.15, 0.2) is 0 Å². The fourth-order valence-electron chi connectivity index (χ4n) is 1.29. The minimum absolute atomic E-state index is 0.725. The molecular weight excluding hydrogens is 210 g/mol. The summed E-state index contributed by atoms with van der Waals surface area (Å²) in [6.45, 7) is 3.80. The quantitative estimate of drug-likeness (QED) is 0.718. The van der Waals surface area contributed by atoms with Gasteiger partial charge < -0.3 is 9.64 Å². The van der Waals surface area contributed by atoms with Crippen LogP contribution in [-0.4, -0.2) is 32.1 Å². The lowest BCUT2D eigenvalue weighted by molar-refractivity contribution is 0.280. The number of rotatable bonds is 5. The van der Waals surface area contributed by atoms with Crippen molar-refractivity contribution in [2.45, 2.75) is 13.3 Å². The van der Waals surface area contributed by atoms with Crippen LogP contribution in [-0.2, 0) is 0 Å². The van der Waals surface area contributed by atoms with Crippen LogP contribution in [0.5, 0.6) is 5.75 Å². The van der Waals surface area contributed by atoms with Crippen LogP contribution in [0.15, 0.2) is 18.2 Å². The van der Waals surface area contributed by atoms with Crippen LogP contribution in [0.4, 0.5) is 0 Å². The van der Waals surface area contributed by atoms with Crippen molar-refractivity contribution in [3.63, 3.8) is 0 Å². The monoisotopic (exact) mass is 227 g/mol. The molecule has 0 heterocycles. The second-order valence-corrected chi connectivity index (χ2v) is 4.35. The highest BCUT2D eigenvalue weighted by atomic mass is 35.5. The maximum atomic E-state index is 5.89. The third-order valence-corrected chi connectivity index (χ3v) is 2.39. The van der Waals surface area contributed by atoms with E-state index in [1.807, 2.05) is 25.1 Å². The van der Waals surface area contributed by atoms with Crippen LogP contribution in [0.1, 0.15) is 12.0 Å². The van der Waals surface area contributed by atoms with E-state index in [0.29, 0.717) is 0 Å². The standard InChI is InChI=1S/C12H18ClNO/c1-10-5-6-11(13)9-12(10)15-8-4-7-14(2)3/h5-6,9H,4,7-8H2,1-3H3. The Balaban J connectivity index is 2.40. The third kappa shape index (κ3) is 4.54. The zero-order valence-corrected chi connectivity index (χ0v) is 10.3. The molecule has 0 atom stereocenters. The van der Waals surface area contributed by atoms with E-state index in [1.54, 1.807) is 0 Å². The van der Waals surface area contributed by atoms with Crippen molar-refractivity contribution in [2.24, 2.45) is 0 Å². The van der Waals surface area contributed by atoms with Gasteiger partial charge in [-0.3, -0.25) is 0 Å². The summed E-state index contributed by atoms with van der Waals surface area (Å²) in [6, 6.07) is 5.72. The minimum atomic E-state index is 0.725. The first-order chi connectivity index (χ1) is 7.09. The number of hydrogen-bond donors (Lipinski definition) is 0. The van der Waals surface area contributed by atoms with Crippen LogP contribution >= 0.6 is 11.6 Å². The third-order valence-electron chi connectivity index (χ3n) is 2.16. The first kappa shape index (κ1) is 12.3. The molecule has 1 rings (SSSR count). The Labute approximate surface area is 96.8 Å². The molecule has 0 spiro atoms. The van der Waals surface area contributed by atoms with E-state index in [2.05, 4.69) is 19.0 Å². The number of benzene rings is 1. The lowest BCUT2D eigenvalue weighted by Gasteiger charge is -2.11. The molecule has 1 aromatic rings. The van der Waals surface area contributed by atoms with E-state index >= 15 is 0 Å². The summed E-state index contributed by atoms with van der Waals surface area (Å²) < 4.78 is 5.66. The molecule has 0 bridgehead atoms. The largest absolute Gasteiger partial charge is 0.493 e. The second kappa shape index (κ2) is 5.99. The molecule has 15 heavy (non-hydrogen) atoms. The summed E-state index contributed by atoms with van der Waals surface area (Å²) in [5.74, 6) is 0.890. The SMILES string of the molecule is Cc1ccc(Cl)cc1OCCCN(C)C. The molecule has 2 nitrogen and oxygen atoms in total. The predicted octanol–water partition coefficient (Wildman–Crippen LogP) is 2.98. The van der Waals surface area contributed by atoms with E-state index in [1.165, 1.54) is 0 Å². The number of ether oxygens (including phenoxy) is 1. The molecule has 0 saturated heterocycles. The van der Waals surface area contributed by atoms with E-state index < -0.39 is 0 Å². The van der Waals surface area contributed by atoms with Gasteiger partial charge in [0, 0.05) is 11.6 Å². The predicted molar refractivity (Wildman–Crippen MR) is 64.9 cm³/mol. The summed E-state index contributed by atoms with van der Waals surface area (Å²) in [5, 5.41) is 0.725. The summed E-state index contributed by atoms with van der Waals surface area (Å²) in [4.78, 5) is 2.15. The highest BCUT2D eigenvalue weighted by molar-refractivity contribution is 6.30. The lowest BCUT2D eigenvalue weighted by Crippen LogP contribution is -2.15. The maximum Gasteiger partial charge on any atom is 0.123 e. The summed E-state index contributed by atoms with van der Waals surface area (Å²) in [5.41, 5.74) is 1.13. The first-order valence-electron chi connectivity index (χ1n) is 5.13. The van der Waals surface area contributed by atoms with Gasteiger partial charge in [-0.15, -0.1) is 0 Å². The smallest absolute Gasteiger partial charge is 0.123 e. The Kier molecular flexibility index (Phi) is 4.92. The highest BCUT2D eigenvalue weighted by Crippen LogP contribution is 2.22. The molecule has 0 unspecified atom stereocenters.